The van der Waals surface area contributed by atoms with Gasteiger partial charge in [-0.2, -0.15) is 5.10 Å². The lowest BCUT2D eigenvalue weighted by Crippen LogP contribution is -2.48. The number of carbonyl (C=O) groups excluding carboxylic acids is 2. The Morgan fingerprint density at radius 2 is 2.00 bits per heavy atom. The first-order valence-corrected chi connectivity index (χ1v) is 8.85. The first-order valence-electron chi connectivity index (χ1n) is 8.85. The summed E-state index contributed by atoms with van der Waals surface area (Å²) >= 11 is 0. The molecule has 7 nitrogen and oxygen atoms in total. The minimum absolute atomic E-state index is 0.221. The smallest absolute Gasteiger partial charge is 0.346 e. The molecule has 1 N–H and O–H groups in total. The van der Waals surface area contributed by atoms with Crippen molar-refractivity contribution < 1.29 is 14.3 Å². The lowest BCUT2D eigenvalue weighted by atomic mass is 9.82. The molecule has 7 heteroatoms. The molecule has 2 heterocycles. The number of nitrogens with zero attached hydrogens (tertiary/aromatic N) is 3. The molecule has 0 bridgehead atoms. The van der Waals surface area contributed by atoms with Gasteiger partial charge < -0.3 is 14.6 Å². The molecule has 1 saturated heterocycles. The van der Waals surface area contributed by atoms with Crippen LogP contribution in [0.2, 0.25) is 0 Å². The molecule has 0 aromatic carbocycles. The molecule has 2 aliphatic rings. The number of rotatable bonds is 5. The Morgan fingerprint density at radius 3 is 2.68 bits per heavy atom. The van der Waals surface area contributed by atoms with E-state index in [0.717, 1.165) is 47.8 Å². The van der Waals surface area contributed by atoms with Crippen LogP contribution in [0.1, 0.15) is 49.1 Å². The molecule has 136 valence electrons. The number of methoxy groups -OCH3 is 1. The van der Waals surface area contributed by atoms with Crippen molar-refractivity contribution in [1.82, 2.24) is 14.9 Å². The second-order valence-electron chi connectivity index (χ2n) is 6.91. The number of hydrazone groups is 1. The van der Waals surface area contributed by atoms with E-state index in [2.05, 4.69) is 15.0 Å². The zero-order valence-electron chi connectivity index (χ0n) is 15.2. The van der Waals surface area contributed by atoms with Crippen molar-refractivity contribution in [2.24, 2.45) is 5.10 Å². The van der Waals surface area contributed by atoms with E-state index in [1.807, 2.05) is 19.9 Å². The number of aryl methyl sites for hydroxylation is 1. The number of amides is 3. The fourth-order valence-corrected chi connectivity index (χ4v) is 3.81. The Labute approximate surface area is 148 Å². The topological polar surface area (TPSA) is 75.9 Å². The number of hydrogen-bond donors (Lipinski definition) is 1. The van der Waals surface area contributed by atoms with Crippen LogP contribution in [0, 0.1) is 13.8 Å². The van der Waals surface area contributed by atoms with Crippen LogP contribution >= 0.6 is 0 Å². The van der Waals surface area contributed by atoms with Crippen molar-refractivity contribution in [3.05, 3.63) is 23.0 Å². The first kappa shape index (κ1) is 17.7. The summed E-state index contributed by atoms with van der Waals surface area (Å²) in [5, 5.41) is 8.06. The molecule has 1 aromatic heterocycles. The van der Waals surface area contributed by atoms with Crippen LogP contribution in [0.4, 0.5) is 4.79 Å². The number of ether oxygens (including phenoxy) is 1. The molecule has 1 aliphatic carbocycles. The third kappa shape index (κ3) is 3.20. The van der Waals surface area contributed by atoms with Gasteiger partial charge in [0.25, 0.3) is 5.91 Å². The van der Waals surface area contributed by atoms with Crippen LogP contribution in [-0.4, -0.2) is 47.0 Å². The van der Waals surface area contributed by atoms with E-state index in [1.54, 1.807) is 13.3 Å². The van der Waals surface area contributed by atoms with Crippen LogP contribution in [0.5, 0.6) is 0 Å². The quantitative estimate of drug-likeness (QED) is 0.657. The van der Waals surface area contributed by atoms with E-state index in [1.165, 1.54) is 0 Å². The molecule has 3 amide bonds. The van der Waals surface area contributed by atoms with Crippen molar-refractivity contribution in [3.8, 4) is 0 Å². The van der Waals surface area contributed by atoms with Gasteiger partial charge in [-0.1, -0.05) is 19.3 Å². The second kappa shape index (κ2) is 7.00. The summed E-state index contributed by atoms with van der Waals surface area (Å²) in [4.78, 5) is 25.0. The Hall–Kier alpha value is -2.15. The molecule has 2 fully saturated rings. The number of hydrogen-bond acceptors (Lipinski definition) is 4. The van der Waals surface area contributed by atoms with E-state index in [9.17, 15) is 9.59 Å². The van der Waals surface area contributed by atoms with Gasteiger partial charge in [0, 0.05) is 30.6 Å². The Kier molecular flexibility index (Phi) is 4.94. The van der Waals surface area contributed by atoms with Crippen LogP contribution < -0.4 is 5.32 Å². The van der Waals surface area contributed by atoms with Crippen LogP contribution in [-0.2, 0) is 16.1 Å². The number of nitrogens with one attached hydrogen (secondary N) is 1. The van der Waals surface area contributed by atoms with Gasteiger partial charge in [-0.25, -0.2) is 4.79 Å². The highest BCUT2D eigenvalue weighted by atomic mass is 16.5. The van der Waals surface area contributed by atoms with E-state index in [0.29, 0.717) is 19.4 Å². The lowest BCUT2D eigenvalue weighted by molar-refractivity contribution is -0.132. The summed E-state index contributed by atoms with van der Waals surface area (Å²) in [5.74, 6) is -0.221. The molecule has 25 heavy (non-hydrogen) atoms. The van der Waals surface area contributed by atoms with Gasteiger partial charge in [-0.05, 0) is 32.8 Å². The maximum absolute atomic E-state index is 12.7. The molecular formula is C18H26N4O3. The fraction of sp³-hybridized carbons (Fsp3) is 0.611. The zero-order chi connectivity index (χ0) is 18.0. The van der Waals surface area contributed by atoms with Crippen molar-refractivity contribution in [2.45, 2.75) is 58.0 Å². The predicted molar refractivity (Wildman–Crippen MR) is 94.6 cm³/mol. The standard InChI is InChI=1S/C18H26N4O3/c1-13-11-15(14(2)21(13)9-10-25-3)12-19-22-16(23)18(20-17(22)24)7-5-4-6-8-18/h11-12H,4-10H2,1-3H3,(H,20,24)/b19-12-. The number of aromatic nitrogens is 1. The lowest BCUT2D eigenvalue weighted by Gasteiger charge is -2.29. The van der Waals surface area contributed by atoms with E-state index < -0.39 is 11.6 Å². The van der Waals surface area contributed by atoms with E-state index >= 15 is 0 Å². The van der Waals surface area contributed by atoms with Gasteiger partial charge in [-0.15, -0.1) is 5.01 Å². The van der Waals surface area contributed by atoms with Crippen LogP contribution in [0.3, 0.4) is 0 Å². The minimum atomic E-state index is -0.734. The molecule has 0 unspecified atom stereocenters. The van der Waals surface area contributed by atoms with E-state index in [-0.39, 0.29) is 5.91 Å². The first-order chi connectivity index (χ1) is 12.0. The van der Waals surface area contributed by atoms with Crippen molar-refractivity contribution in [3.63, 3.8) is 0 Å². The Bertz CT molecular complexity index is 701. The van der Waals surface area contributed by atoms with Gasteiger partial charge >= 0.3 is 6.03 Å². The minimum Gasteiger partial charge on any atom is -0.383 e. The molecule has 3 rings (SSSR count). The van der Waals surface area contributed by atoms with Crippen LogP contribution in [0.15, 0.2) is 11.2 Å². The highest BCUT2D eigenvalue weighted by Crippen LogP contribution is 2.33. The average Bonchev–Trinajstić information content (AvgIpc) is 2.99. The highest BCUT2D eigenvalue weighted by Gasteiger charge is 2.51. The van der Waals surface area contributed by atoms with Gasteiger partial charge in [0.1, 0.15) is 5.54 Å². The largest absolute Gasteiger partial charge is 0.383 e. The average molecular weight is 346 g/mol. The number of imide groups is 1. The fourth-order valence-electron chi connectivity index (χ4n) is 3.81. The maximum Gasteiger partial charge on any atom is 0.346 e. The monoisotopic (exact) mass is 346 g/mol. The summed E-state index contributed by atoms with van der Waals surface area (Å²) in [5.41, 5.74) is 2.30. The SMILES string of the molecule is COCCn1c(C)cc(/C=N\N2C(=O)NC3(CCCCC3)C2=O)c1C. The van der Waals surface area contributed by atoms with Gasteiger partial charge in [0.15, 0.2) is 0 Å². The van der Waals surface area contributed by atoms with Gasteiger partial charge in [0.2, 0.25) is 0 Å². The number of carbonyl (C=O) groups is 2. The summed E-state index contributed by atoms with van der Waals surface area (Å²) in [6.07, 6.45) is 6.05. The van der Waals surface area contributed by atoms with Gasteiger partial charge in [-0.3, -0.25) is 4.79 Å². The normalized spacial score (nSPS) is 20.0. The molecular weight excluding hydrogens is 320 g/mol. The Morgan fingerprint density at radius 1 is 1.28 bits per heavy atom. The molecule has 1 saturated carbocycles. The summed E-state index contributed by atoms with van der Waals surface area (Å²) in [6, 6.07) is 1.58. The van der Waals surface area contributed by atoms with Crippen LogP contribution in [0.25, 0.3) is 0 Å². The maximum atomic E-state index is 12.7. The molecule has 1 aliphatic heterocycles. The van der Waals surface area contributed by atoms with Crippen molar-refractivity contribution in [2.75, 3.05) is 13.7 Å². The van der Waals surface area contributed by atoms with E-state index in [4.69, 9.17) is 4.74 Å². The van der Waals surface area contributed by atoms with Gasteiger partial charge in [0.05, 0.1) is 12.8 Å². The summed E-state index contributed by atoms with van der Waals surface area (Å²) in [7, 11) is 1.68. The highest BCUT2D eigenvalue weighted by molar-refractivity contribution is 6.07. The third-order valence-electron chi connectivity index (χ3n) is 5.29. The van der Waals surface area contributed by atoms with Crippen molar-refractivity contribution in [1.29, 1.82) is 0 Å². The Balaban J connectivity index is 1.78. The molecule has 1 aromatic rings. The predicted octanol–water partition coefficient (Wildman–Crippen LogP) is 2.34. The second-order valence-corrected chi connectivity index (χ2v) is 6.91. The molecule has 0 radical (unpaired) electrons. The van der Waals surface area contributed by atoms with Crippen molar-refractivity contribution >= 4 is 18.2 Å². The third-order valence-corrected chi connectivity index (χ3v) is 5.29. The summed E-state index contributed by atoms with van der Waals surface area (Å²) in [6.45, 7) is 5.40. The molecule has 0 atom stereocenters. The number of urea groups is 1. The zero-order valence-corrected chi connectivity index (χ0v) is 15.2. The summed E-state index contributed by atoms with van der Waals surface area (Å²) < 4.78 is 7.28. The molecule has 1 spiro atoms.